The maximum absolute atomic E-state index is 11.7. The molecule has 0 unspecified atom stereocenters. The third-order valence-corrected chi connectivity index (χ3v) is 6.13. The van der Waals surface area contributed by atoms with Gasteiger partial charge in [-0.1, -0.05) is 96.8 Å². The Morgan fingerprint density at radius 3 is 1.18 bits per heavy atom. The Hall–Kier alpha value is -2.16. The second-order valence-electron chi connectivity index (χ2n) is 9.81. The molecule has 9 heteroatoms. The van der Waals surface area contributed by atoms with Gasteiger partial charge in [0, 0.05) is 6.42 Å². The van der Waals surface area contributed by atoms with E-state index in [0.29, 0.717) is 6.42 Å². The van der Waals surface area contributed by atoms with Crippen molar-refractivity contribution in [1.29, 1.82) is 0 Å². The molecule has 0 rings (SSSR count). The Kier molecular flexibility index (Phi) is 27.4. The lowest BCUT2D eigenvalue weighted by Gasteiger charge is -2.23. The number of esters is 3. The molecule has 39 heavy (non-hydrogen) atoms. The van der Waals surface area contributed by atoms with Crippen LogP contribution in [0, 0.1) is 0 Å². The Labute approximate surface area is 236 Å². The summed E-state index contributed by atoms with van der Waals surface area (Å²) < 4.78 is 14.0. The minimum atomic E-state index is -2.26. The van der Waals surface area contributed by atoms with Crippen LogP contribution in [0.4, 0.5) is 0 Å². The molecule has 230 valence electrons. The van der Waals surface area contributed by atoms with Crippen LogP contribution in [-0.4, -0.2) is 59.5 Å². The van der Waals surface area contributed by atoms with Crippen molar-refractivity contribution in [3.8, 4) is 0 Å². The Morgan fingerprint density at radius 1 is 0.538 bits per heavy atom. The number of rotatable bonds is 24. The molecule has 0 fully saturated rings. The van der Waals surface area contributed by atoms with E-state index in [2.05, 4.69) is 21.1 Å². The minimum absolute atomic E-state index is 0.0206. The van der Waals surface area contributed by atoms with Gasteiger partial charge in [-0.15, -0.1) is 0 Å². The number of carbonyl (C=O) groups excluding carboxylic acids is 3. The third-order valence-electron chi connectivity index (χ3n) is 6.13. The summed E-state index contributed by atoms with van der Waals surface area (Å²) in [6, 6.07) is 0. The van der Waals surface area contributed by atoms with E-state index in [1.54, 1.807) is 20.8 Å². The summed E-state index contributed by atoms with van der Waals surface area (Å²) in [5, 5.41) is 18.6. The van der Waals surface area contributed by atoms with E-state index in [1.165, 1.54) is 83.5 Å². The first kappa shape index (κ1) is 39.0. The zero-order valence-corrected chi connectivity index (χ0v) is 25.1. The standard InChI is InChI=1S/C18H36O2.C12H20O7/c1-2-3-4-5-6-7-8-9-10-11-12-13-14-15-16-17-18(19)20;1-4-17-9(13)7-12(16,11(15)19-6-3)8-10(14)18-5-2/h2-17H2,1H3,(H,19,20);16H,4-8H2,1-3H3. The highest BCUT2D eigenvalue weighted by atomic mass is 16.6. The van der Waals surface area contributed by atoms with Crippen molar-refractivity contribution in [1.82, 2.24) is 0 Å². The molecule has 0 atom stereocenters. The molecule has 0 aromatic heterocycles. The van der Waals surface area contributed by atoms with E-state index in [4.69, 9.17) is 5.11 Å². The molecule has 0 aromatic rings. The molecule has 0 aromatic carbocycles. The summed E-state index contributed by atoms with van der Waals surface area (Å²) in [6.45, 7) is 7.24. The third kappa shape index (κ3) is 25.9. The molecule has 0 radical (unpaired) electrons. The number of unbranched alkanes of at least 4 members (excludes halogenated alkanes) is 14. The summed E-state index contributed by atoms with van der Waals surface area (Å²) in [7, 11) is 0. The number of aliphatic carboxylic acids is 1. The van der Waals surface area contributed by atoms with E-state index < -0.39 is 42.3 Å². The molecular weight excluding hydrogens is 504 g/mol. The topological polar surface area (TPSA) is 136 Å². The molecule has 9 nitrogen and oxygen atoms in total. The largest absolute Gasteiger partial charge is 0.481 e. The lowest BCUT2D eigenvalue weighted by atomic mass is 9.95. The van der Waals surface area contributed by atoms with E-state index in [0.717, 1.165) is 12.8 Å². The van der Waals surface area contributed by atoms with Gasteiger partial charge in [0.15, 0.2) is 5.60 Å². The Balaban J connectivity index is 0. The number of hydrogen-bond acceptors (Lipinski definition) is 8. The molecule has 0 bridgehead atoms. The van der Waals surface area contributed by atoms with E-state index in [9.17, 15) is 24.3 Å². The van der Waals surface area contributed by atoms with Crippen LogP contribution < -0.4 is 0 Å². The lowest BCUT2D eigenvalue weighted by molar-refractivity contribution is -0.177. The predicted molar refractivity (Wildman–Crippen MR) is 151 cm³/mol. The second-order valence-corrected chi connectivity index (χ2v) is 9.81. The maximum atomic E-state index is 11.7. The highest BCUT2D eigenvalue weighted by molar-refractivity contribution is 5.90. The number of aliphatic hydroxyl groups is 1. The molecule has 0 aliphatic carbocycles. The van der Waals surface area contributed by atoms with Crippen LogP contribution in [0.1, 0.15) is 143 Å². The number of carbonyl (C=O) groups is 4. The summed E-state index contributed by atoms with van der Waals surface area (Å²) in [5.41, 5.74) is -2.26. The molecule has 0 saturated heterocycles. The lowest BCUT2D eigenvalue weighted by Crippen LogP contribution is -2.44. The van der Waals surface area contributed by atoms with Crippen molar-refractivity contribution in [3.05, 3.63) is 0 Å². The highest BCUT2D eigenvalue weighted by Gasteiger charge is 2.43. The first-order chi connectivity index (χ1) is 18.7. The fraction of sp³-hybridized carbons (Fsp3) is 0.867. The van der Waals surface area contributed by atoms with Crippen LogP contribution in [0.25, 0.3) is 0 Å². The van der Waals surface area contributed by atoms with Crippen molar-refractivity contribution < 1.29 is 43.6 Å². The zero-order valence-electron chi connectivity index (χ0n) is 25.1. The van der Waals surface area contributed by atoms with Gasteiger partial charge in [0.05, 0.1) is 32.7 Å². The smallest absolute Gasteiger partial charge is 0.339 e. The molecule has 0 heterocycles. The molecular formula is C30H56O9. The van der Waals surface area contributed by atoms with Crippen molar-refractivity contribution in [2.75, 3.05) is 19.8 Å². The predicted octanol–water partition coefficient (Wildman–Crippen LogP) is 6.52. The fourth-order valence-corrected chi connectivity index (χ4v) is 4.02. The van der Waals surface area contributed by atoms with E-state index in [-0.39, 0.29) is 19.8 Å². The van der Waals surface area contributed by atoms with Gasteiger partial charge in [0.25, 0.3) is 0 Å². The van der Waals surface area contributed by atoms with Crippen LogP contribution in [-0.2, 0) is 33.4 Å². The number of carboxylic acids is 1. The quantitative estimate of drug-likeness (QED) is 0.0768. The number of hydrogen-bond donors (Lipinski definition) is 2. The first-order valence-corrected chi connectivity index (χ1v) is 15.1. The average Bonchev–Trinajstić information content (AvgIpc) is 2.87. The Morgan fingerprint density at radius 2 is 0.872 bits per heavy atom. The van der Waals surface area contributed by atoms with Gasteiger partial charge in [0.2, 0.25) is 0 Å². The van der Waals surface area contributed by atoms with Gasteiger partial charge in [-0.3, -0.25) is 14.4 Å². The Bertz CT molecular complexity index is 614. The monoisotopic (exact) mass is 560 g/mol. The molecule has 0 amide bonds. The van der Waals surface area contributed by atoms with Crippen molar-refractivity contribution in [3.63, 3.8) is 0 Å². The average molecular weight is 561 g/mol. The number of ether oxygens (including phenoxy) is 3. The molecule has 0 aliphatic rings. The van der Waals surface area contributed by atoms with Crippen LogP contribution in [0.2, 0.25) is 0 Å². The summed E-state index contributed by atoms with van der Waals surface area (Å²) in [4.78, 5) is 44.7. The van der Waals surface area contributed by atoms with E-state index >= 15 is 0 Å². The van der Waals surface area contributed by atoms with Gasteiger partial charge < -0.3 is 24.4 Å². The molecule has 0 spiro atoms. The second kappa shape index (κ2) is 27.4. The van der Waals surface area contributed by atoms with Gasteiger partial charge in [-0.05, 0) is 27.2 Å². The summed E-state index contributed by atoms with van der Waals surface area (Å²) >= 11 is 0. The number of carboxylic acid groups (broad SMARTS) is 1. The van der Waals surface area contributed by atoms with Crippen LogP contribution in [0.3, 0.4) is 0 Å². The van der Waals surface area contributed by atoms with Crippen molar-refractivity contribution >= 4 is 23.9 Å². The maximum Gasteiger partial charge on any atom is 0.339 e. The van der Waals surface area contributed by atoms with Gasteiger partial charge in [0.1, 0.15) is 0 Å². The summed E-state index contributed by atoms with van der Waals surface area (Å²) in [6.07, 6.45) is 18.9. The van der Waals surface area contributed by atoms with Crippen LogP contribution >= 0.6 is 0 Å². The normalized spacial score (nSPS) is 10.8. The molecule has 0 aliphatic heterocycles. The molecule has 0 saturated carbocycles. The van der Waals surface area contributed by atoms with Crippen LogP contribution in [0.5, 0.6) is 0 Å². The first-order valence-electron chi connectivity index (χ1n) is 15.1. The van der Waals surface area contributed by atoms with Gasteiger partial charge in [-0.2, -0.15) is 0 Å². The van der Waals surface area contributed by atoms with Crippen molar-refractivity contribution in [2.45, 2.75) is 149 Å². The minimum Gasteiger partial charge on any atom is -0.481 e. The van der Waals surface area contributed by atoms with Gasteiger partial charge in [-0.25, -0.2) is 4.79 Å². The molecule has 2 N–H and O–H groups in total. The SMILES string of the molecule is CCCCCCCCCCCCCCCCCC(=O)O.CCOC(=O)CC(O)(CC(=O)OCC)C(=O)OCC. The van der Waals surface area contributed by atoms with Gasteiger partial charge >= 0.3 is 23.9 Å². The van der Waals surface area contributed by atoms with E-state index in [1.807, 2.05) is 0 Å². The summed E-state index contributed by atoms with van der Waals surface area (Å²) in [5.74, 6) is -3.28. The van der Waals surface area contributed by atoms with Crippen molar-refractivity contribution in [2.24, 2.45) is 0 Å². The van der Waals surface area contributed by atoms with Crippen LogP contribution in [0.15, 0.2) is 0 Å². The highest BCUT2D eigenvalue weighted by Crippen LogP contribution is 2.20. The zero-order chi connectivity index (χ0) is 29.8. The fourth-order valence-electron chi connectivity index (χ4n) is 4.02.